The van der Waals surface area contributed by atoms with Gasteiger partial charge in [0.1, 0.15) is 0 Å². The van der Waals surface area contributed by atoms with Crippen LogP contribution >= 0.6 is 0 Å². The summed E-state index contributed by atoms with van der Waals surface area (Å²) in [6.45, 7) is 0.245. The van der Waals surface area contributed by atoms with Crippen LogP contribution in [-0.4, -0.2) is 11.7 Å². The van der Waals surface area contributed by atoms with E-state index >= 15 is 0 Å². The second kappa shape index (κ2) is 9.33. The summed E-state index contributed by atoms with van der Waals surface area (Å²) >= 11 is 0. The highest BCUT2D eigenvalue weighted by Gasteiger charge is 2.12. The number of aliphatic hydroxyl groups excluding tert-OH is 1. The normalized spacial score (nSPS) is 12.1. The molecule has 3 rings (SSSR count). The summed E-state index contributed by atoms with van der Waals surface area (Å²) < 4.78 is 0. The van der Waals surface area contributed by atoms with Crippen molar-refractivity contribution in [3.63, 3.8) is 0 Å². The molecule has 0 aliphatic heterocycles. The van der Waals surface area contributed by atoms with Crippen molar-refractivity contribution in [2.75, 3.05) is 6.54 Å². The van der Waals surface area contributed by atoms with Gasteiger partial charge in [-0.1, -0.05) is 78.9 Å². The summed E-state index contributed by atoms with van der Waals surface area (Å²) in [5, 5.41) is 10.3. The van der Waals surface area contributed by atoms with Crippen LogP contribution in [0.4, 0.5) is 0 Å². The maximum absolute atomic E-state index is 10.3. The van der Waals surface area contributed by atoms with E-state index in [1.807, 2.05) is 12.1 Å². The first-order valence-corrected chi connectivity index (χ1v) is 9.34. The summed E-state index contributed by atoms with van der Waals surface area (Å²) in [7, 11) is 0. The number of aliphatic hydroxyl groups is 1. The van der Waals surface area contributed by atoms with Gasteiger partial charge in [0.25, 0.3) is 0 Å². The van der Waals surface area contributed by atoms with Gasteiger partial charge in [-0.15, -0.1) is 0 Å². The Labute approximate surface area is 156 Å². The van der Waals surface area contributed by atoms with Gasteiger partial charge in [0.05, 0.1) is 6.10 Å². The Morgan fingerprint density at radius 3 is 2.00 bits per heavy atom. The molecule has 1 unspecified atom stereocenters. The molecule has 3 aromatic carbocycles. The molecule has 0 aliphatic carbocycles. The summed E-state index contributed by atoms with van der Waals surface area (Å²) in [6, 6.07) is 27.4. The zero-order chi connectivity index (χ0) is 18.2. The van der Waals surface area contributed by atoms with Gasteiger partial charge in [0, 0.05) is 6.54 Å². The molecular weight excluding hydrogens is 318 g/mol. The van der Waals surface area contributed by atoms with Crippen molar-refractivity contribution in [2.24, 2.45) is 5.73 Å². The van der Waals surface area contributed by atoms with E-state index in [1.54, 1.807) is 0 Å². The van der Waals surface area contributed by atoms with Crippen molar-refractivity contribution < 1.29 is 5.11 Å². The zero-order valence-electron chi connectivity index (χ0n) is 15.1. The van der Waals surface area contributed by atoms with Gasteiger partial charge in [0.15, 0.2) is 0 Å². The number of hydrogen-bond acceptors (Lipinski definition) is 2. The molecule has 0 aliphatic rings. The van der Waals surface area contributed by atoms with Crippen molar-refractivity contribution in [1.82, 2.24) is 0 Å². The van der Waals surface area contributed by atoms with E-state index in [4.69, 9.17) is 5.73 Å². The highest BCUT2D eigenvalue weighted by atomic mass is 16.3. The average Bonchev–Trinajstić information content (AvgIpc) is 2.69. The van der Waals surface area contributed by atoms with Gasteiger partial charge in [-0.25, -0.2) is 0 Å². The van der Waals surface area contributed by atoms with E-state index < -0.39 is 6.10 Å². The molecule has 0 saturated heterocycles. The van der Waals surface area contributed by atoms with Gasteiger partial charge in [0.2, 0.25) is 0 Å². The first-order chi connectivity index (χ1) is 12.8. The lowest BCUT2D eigenvalue weighted by Gasteiger charge is -2.16. The van der Waals surface area contributed by atoms with Crippen molar-refractivity contribution in [2.45, 2.75) is 31.8 Å². The molecule has 0 spiro atoms. The van der Waals surface area contributed by atoms with E-state index in [0.717, 1.165) is 31.2 Å². The summed E-state index contributed by atoms with van der Waals surface area (Å²) in [5.41, 5.74) is 11.8. The molecule has 0 fully saturated rings. The summed E-state index contributed by atoms with van der Waals surface area (Å²) in [6.07, 6.45) is 3.46. The summed E-state index contributed by atoms with van der Waals surface area (Å²) in [4.78, 5) is 0. The first kappa shape index (κ1) is 18.4. The second-order valence-electron chi connectivity index (χ2n) is 6.79. The topological polar surface area (TPSA) is 46.2 Å². The average molecular weight is 345 g/mol. The molecule has 0 heterocycles. The predicted octanol–water partition coefficient (Wildman–Crippen LogP) is 4.44. The minimum Gasteiger partial charge on any atom is -0.387 e. The Kier molecular flexibility index (Phi) is 6.59. The molecule has 0 saturated carbocycles. The Morgan fingerprint density at radius 2 is 1.35 bits per heavy atom. The Bertz CT molecular complexity index is 799. The molecule has 0 radical (unpaired) electrons. The van der Waals surface area contributed by atoms with Crippen LogP contribution in [0, 0.1) is 0 Å². The first-order valence-electron chi connectivity index (χ1n) is 9.34. The number of aryl methyl sites for hydroxylation is 2. The molecule has 0 amide bonds. The Hall–Kier alpha value is -2.42. The molecule has 134 valence electrons. The number of benzene rings is 3. The molecule has 26 heavy (non-hydrogen) atoms. The third-order valence-corrected chi connectivity index (χ3v) is 4.80. The fourth-order valence-corrected chi connectivity index (χ4v) is 3.38. The van der Waals surface area contributed by atoms with E-state index in [0.29, 0.717) is 0 Å². The molecule has 3 aromatic rings. The third-order valence-electron chi connectivity index (χ3n) is 4.80. The van der Waals surface area contributed by atoms with E-state index in [1.165, 1.54) is 22.3 Å². The van der Waals surface area contributed by atoms with Crippen molar-refractivity contribution in [3.05, 3.63) is 107 Å². The monoisotopic (exact) mass is 345 g/mol. The van der Waals surface area contributed by atoms with Crippen LogP contribution in [0.5, 0.6) is 0 Å². The zero-order valence-corrected chi connectivity index (χ0v) is 15.1. The Morgan fingerprint density at radius 1 is 0.731 bits per heavy atom. The van der Waals surface area contributed by atoms with Crippen molar-refractivity contribution in [3.8, 4) is 0 Å². The highest BCUT2D eigenvalue weighted by molar-refractivity contribution is 5.38. The fraction of sp³-hybridized carbons (Fsp3) is 0.250. The lowest BCUT2D eigenvalue weighted by Crippen LogP contribution is -2.14. The molecular formula is C24H27NO. The van der Waals surface area contributed by atoms with Gasteiger partial charge in [-0.05, 0) is 53.5 Å². The van der Waals surface area contributed by atoms with Crippen LogP contribution in [0.25, 0.3) is 0 Å². The van der Waals surface area contributed by atoms with Gasteiger partial charge in [-0.2, -0.15) is 0 Å². The van der Waals surface area contributed by atoms with Crippen LogP contribution in [-0.2, 0) is 19.3 Å². The summed E-state index contributed by atoms with van der Waals surface area (Å²) in [5.74, 6) is 0. The number of hydrogen-bond donors (Lipinski definition) is 2. The number of nitrogens with two attached hydrogens (primary N) is 1. The SMILES string of the molecule is NCC(O)c1ccc(CCCc2ccccc2)cc1Cc1ccccc1. The van der Waals surface area contributed by atoms with Crippen molar-refractivity contribution >= 4 is 0 Å². The minimum absolute atomic E-state index is 0.245. The standard InChI is InChI=1S/C24H27NO/c25-18-24(26)23-15-14-21(13-7-12-19-8-3-1-4-9-19)17-22(23)16-20-10-5-2-6-11-20/h1-6,8-11,14-15,17,24,26H,7,12-13,16,18,25H2. The molecule has 0 bridgehead atoms. The molecule has 1 atom stereocenters. The fourth-order valence-electron chi connectivity index (χ4n) is 3.38. The van der Waals surface area contributed by atoms with Crippen LogP contribution < -0.4 is 5.73 Å². The predicted molar refractivity (Wildman–Crippen MR) is 108 cm³/mol. The van der Waals surface area contributed by atoms with Crippen molar-refractivity contribution in [1.29, 1.82) is 0 Å². The molecule has 2 heteroatoms. The van der Waals surface area contributed by atoms with E-state index in [-0.39, 0.29) is 6.54 Å². The lowest BCUT2D eigenvalue weighted by atomic mass is 9.93. The van der Waals surface area contributed by atoms with E-state index in [2.05, 4.69) is 66.7 Å². The quantitative estimate of drug-likeness (QED) is 0.634. The molecule has 3 N–H and O–H groups in total. The largest absolute Gasteiger partial charge is 0.387 e. The molecule has 2 nitrogen and oxygen atoms in total. The van der Waals surface area contributed by atoms with Gasteiger partial charge >= 0.3 is 0 Å². The Balaban J connectivity index is 1.73. The van der Waals surface area contributed by atoms with Crippen LogP contribution in [0.3, 0.4) is 0 Å². The third kappa shape index (κ3) is 5.04. The maximum Gasteiger partial charge on any atom is 0.0915 e. The minimum atomic E-state index is -0.605. The van der Waals surface area contributed by atoms with Crippen LogP contribution in [0.1, 0.15) is 40.3 Å². The maximum atomic E-state index is 10.3. The second-order valence-corrected chi connectivity index (χ2v) is 6.79. The highest BCUT2D eigenvalue weighted by Crippen LogP contribution is 2.23. The van der Waals surface area contributed by atoms with Crippen LogP contribution in [0.15, 0.2) is 78.9 Å². The van der Waals surface area contributed by atoms with E-state index in [9.17, 15) is 5.11 Å². The van der Waals surface area contributed by atoms with Gasteiger partial charge < -0.3 is 10.8 Å². The lowest BCUT2D eigenvalue weighted by molar-refractivity contribution is 0.186. The number of rotatable bonds is 8. The smallest absolute Gasteiger partial charge is 0.0915 e. The van der Waals surface area contributed by atoms with Crippen LogP contribution in [0.2, 0.25) is 0 Å². The molecule has 0 aromatic heterocycles. The van der Waals surface area contributed by atoms with Gasteiger partial charge in [-0.3, -0.25) is 0 Å².